The maximum atomic E-state index is 12.3. The van der Waals surface area contributed by atoms with Gasteiger partial charge < -0.3 is 19.1 Å². The fourth-order valence-corrected chi connectivity index (χ4v) is 3.03. The first kappa shape index (κ1) is 19.1. The number of rotatable bonds is 4. The summed E-state index contributed by atoms with van der Waals surface area (Å²) in [4.78, 5) is 14.1. The van der Waals surface area contributed by atoms with E-state index in [-0.39, 0.29) is 6.09 Å². The van der Waals surface area contributed by atoms with E-state index in [9.17, 15) is 4.79 Å². The highest BCUT2D eigenvalue weighted by Gasteiger charge is 2.25. The lowest BCUT2D eigenvalue weighted by Crippen LogP contribution is -2.39. The Morgan fingerprint density at radius 2 is 1.89 bits per heavy atom. The van der Waals surface area contributed by atoms with Gasteiger partial charge in [0.15, 0.2) is 0 Å². The van der Waals surface area contributed by atoms with Crippen LogP contribution < -0.4 is 9.47 Å². The molecular formula is C22H27NO4. The number of amides is 1. The molecule has 0 aliphatic carbocycles. The first-order valence-corrected chi connectivity index (χ1v) is 9.19. The summed E-state index contributed by atoms with van der Waals surface area (Å²) in [5.41, 5.74) is 2.92. The van der Waals surface area contributed by atoms with Crippen LogP contribution in [0.4, 0.5) is 4.79 Å². The van der Waals surface area contributed by atoms with E-state index in [0.717, 1.165) is 29.0 Å². The minimum Gasteiger partial charge on any atom is -0.497 e. The lowest BCUT2D eigenvalue weighted by Gasteiger charge is -2.31. The van der Waals surface area contributed by atoms with Crippen LogP contribution in [0.25, 0.3) is 0 Å². The van der Waals surface area contributed by atoms with E-state index >= 15 is 0 Å². The number of nitrogens with zero attached hydrogens (tertiary/aromatic N) is 1. The summed E-state index contributed by atoms with van der Waals surface area (Å²) in [5.74, 6) is 1.61. The Balaban J connectivity index is 1.65. The molecule has 5 nitrogen and oxygen atoms in total. The fourth-order valence-electron chi connectivity index (χ4n) is 3.03. The van der Waals surface area contributed by atoms with Gasteiger partial charge in [-0.25, -0.2) is 4.79 Å². The Labute approximate surface area is 160 Å². The Morgan fingerprint density at radius 3 is 2.63 bits per heavy atom. The van der Waals surface area contributed by atoms with Gasteiger partial charge in [0.25, 0.3) is 0 Å². The van der Waals surface area contributed by atoms with Gasteiger partial charge in [-0.2, -0.15) is 0 Å². The van der Waals surface area contributed by atoms with Crippen molar-refractivity contribution in [3.05, 3.63) is 59.2 Å². The molecule has 0 N–H and O–H groups in total. The summed E-state index contributed by atoms with van der Waals surface area (Å²) >= 11 is 0. The summed E-state index contributed by atoms with van der Waals surface area (Å²) < 4.78 is 16.7. The predicted molar refractivity (Wildman–Crippen MR) is 104 cm³/mol. The highest BCUT2D eigenvalue weighted by Crippen LogP contribution is 2.26. The van der Waals surface area contributed by atoms with Crippen molar-refractivity contribution in [3.63, 3.8) is 0 Å². The summed E-state index contributed by atoms with van der Waals surface area (Å²) in [5, 5.41) is 0. The summed E-state index contributed by atoms with van der Waals surface area (Å²) in [6.07, 6.45) is 0.556. The molecule has 5 heteroatoms. The van der Waals surface area contributed by atoms with Crippen LogP contribution in [0.5, 0.6) is 11.5 Å². The smallest absolute Gasteiger partial charge is 0.410 e. The van der Waals surface area contributed by atoms with Crippen molar-refractivity contribution in [2.24, 2.45) is 0 Å². The Kier molecular flexibility index (Phi) is 5.59. The molecule has 0 atom stereocenters. The van der Waals surface area contributed by atoms with Crippen LogP contribution in [0.1, 0.15) is 37.5 Å². The van der Waals surface area contributed by atoms with Crippen molar-refractivity contribution in [1.82, 2.24) is 4.90 Å². The van der Waals surface area contributed by atoms with Gasteiger partial charge >= 0.3 is 6.09 Å². The van der Waals surface area contributed by atoms with Gasteiger partial charge in [-0.15, -0.1) is 0 Å². The minimum atomic E-state index is -0.487. The highest BCUT2D eigenvalue weighted by molar-refractivity contribution is 5.68. The molecule has 2 aromatic carbocycles. The zero-order valence-corrected chi connectivity index (χ0v) is 16.5. The monoisotopic (exact) mass is 369 g/mol. The lowest BCUT2D eigenvalue weighted by molar-refractivity contribution is 0.0223. The average Bonchev–Trinajstić information content (AvgIpc) is 2.64. The highest BCUT2D eigenvalue weighted by atomic mass is 16.6. The third kappa shape index (κ3) is 5.16. The first-order chi connectivity index (χ1) is 12.8. The molecule has 0 spiro atoms. The molecule has 144 valence electrons. The van der Waals surface area contributed by atoms with Crippen LogP contribution >= 0.6 is 0 Å². The molecule has 1 aliphatic heterocycles. The summed E-state index contributed by atoms with van der Waals surface area (Å²) in [6, 6.07) is 13.9. The normalized spacial score (nSPS) is 13.7. The van der Waals surface area contributed by atoms with Crippen LogP contribution in [0.3, 0.4) is 0 Å². The molecule has 0 fully saturated rings. The second-order valence-electron chi connectivity index (χ2n) is 7.72. The molecule has 0 radical (unpaired) electrons. The minimum absolute atomic E-state index is 0.268. The number of benzene rings is 2. The van der Waals surface area contributed by atoms with Gasteiger partial charge in [0, 0.05) is 13.1 Å². The van der Waals surface area contributed by atoms with Crippen LogP contribution in [-0.2, 0) is 24.3 Å². The molecule has 0 bridgehead atoms. The fraction of sp³-hybridized carbons (Fsp3) is 0.409. The van der Waals surface area contributed by atoms with E-state index in [4.69, 9.17) is 14.2 Å². The second-order valence-corrected chi connectivity index (χ2v) is 7.72. The number of ether oxygens (including phenoxy) is 3. The molecule has 0 unspecified atom stereocenters. The lowest BCUT2D eigenvalue weighted by atomic mass is 10.00. The molecule has 1 aliphatic rings. The average molecular weight is 369 g/mol. The van der Waals surface area contributed by atoms with E-state index in [1.165, 1.54) is 5.56 Å². The SMILES string of the molecule is COc1cccc(COc2ccc3c(c2)CN(C(=O)OC(C)(C)C)CC3)c1. The van der Waals surface area contributed by atoms with Gasteiger partial charge in [-0.05, 0) is 68.1 Å². The molecule has 0 saturated heterocycles. The molecule has 0 saturated carbocycles. The molecule has 2 aromatic rings. The third-order valence-corrected chi connectivity index (χ3v) is 4.38. The largest absolute Gasteiger partial charge is 0.497 e. The molecule has 0 aromatic heterocycles. The van der Waals surface area contributed by atoms with Crippen molar-refractivity contribution in [1.29, 1.82) is 0 Å². The van der Waals surface area contributed by atoms with Crippen molar-refractivity contribution >= 4 is 6.09 Å². The van der Waals surface area contributed by atoms with E-state index in [1.807, 2.05) is 57.2 Å². The quantitative estimate of drug-likeness (QED) is 0.792. The second kappa shape index (κ2) is 7.91. The van der Waals surface area contributed by atoms with Crippen LogP contribution in [0, 0.1) is 0 Å². The Bertz CT molecular complexity index is 810. The number of hydrogen-bond acceptors (Lipinski definition) is 4. The molecule has 1 heterocycles. The molecular weight excluding hydrogens is 342 g/mol. The van der Waals surface area contributed by atoms with Gasteiger partial charge in [-0.3, -0.25) is 0 Å². The standard InChI is InChI=1S/C22H27NO4/c1-22(2,3)27-21(24)23-11-10-17-8-9-20(13-18(17)14-23)26-15-16-6-5-7-19(12-16)25-4/h5-9,12-13H,10-11,14-15H2,1-4H3. The maximum Gasteiger partial charge on any atom is 0.410 e. The van der Waals surface area contributed by atoms with Gasteiger partial charge in [-0.1, -0.05) is 18.2 Å². The molecule has 27 heavy (non-hydrogen) atoms. The maximum absolute atomic E-state index is 12.3. The van der Waals surface area contributed by atoms with E-state index in [0.29, 0.717) is 19.7 Å². The topological polar surface area (TPSA) is 48.0 Å². The van der Waals surface area contributed by atoms with Crippen molar-refractivity contribution in [2.45, 2.75) is 45.9 Å². The zero-order valence-electron chi connectivity index (χ0n) is 16.5. The Hall–Kier alpha value is -2.69. The van der Waals surface area contributed by atoms with Gasteiger partial charge in [0.2, 0.25) is 0 Å². The summed E-state index contributed by atoms with van der Waals surface area (Å²) in [7, 11) is 1.65. The Morgan fingerprint density at radius 1 is 1.07 bits per heavy atom. The number of methoxy groups -OCH3 is 1. The summed E-state index contributed by atoms with van der Waals surface area (Å²) in [6.45, 7) is 7.33. The van der Waals surface area contributed by atoms with Crippen molar-refractivity contribution in [3.8, 4) is 11.5 Å². The van der Waals surface area contributed by atoms with E-state index in [2.05, 4.69) is 6.07 Å². The van der Waals surface area contributed by atoms with Crippen molar-refractivity contribution < 1.29 is 19.0 Å². The zero-order chi connectivity index (χ0) is 19.4. The molecule has 3 rings (SSSR count). The van der Waals surface area contributed by atoms with Crippen LogP contribution in [0.15, 0.2) is 42.5 Å². The molecule has 1 amide bonds. The predicted octanol–water partition coefficient (Wildman–Crippen LogP) is 4.57. The van der Waals surface area contributed by atoms with E-state index < -0.39 is 5.60 Å². The van der Waals surface area contributed by atoms with Crippen LogP contribution in [-0.4, -0.2) is 30.2 Å². The van der Waals surface area contributed by atoms with Crippen LogP contribution in [0.2, 0.25) is 0 Å². The number of hydrogen-bond donors (Lipinski definition) is 0. The van der Waals surface area contributed by atoms with Crippen molar-refractivity contribution in [2.75, 3.05) is 13.7 Å². The first-order valence-electron chi connectivity index (χ1n) is 9.19. The van der Waals surface area contributed by atoms with Gasteiger partial charge in [0.05, 0.1) is 7.11 Å². The van der Waals surface area contributed by atoms with Gasteiger partial charge in [0.1, 0.15) is 23.7 Å². The number of carbonyl (C=O) groups is 1. The number of fused-ring (bicyclic) bond motifs is 1. The van der Waals surface area contributed by atoms with E-state index in [1.54, 1.807) is 12.0 Å². The third-order valence-electron chi connectivity index (χ3n) is 4.38. The number of carbonyl (C=O) groups excluding carboxylic acids is 1.